The van der Waals surface area contributed by atoms with E-state index in [4.69, 9.17) is 14.1 Å². The number of furan rings is 1. The van der Waals surface area contributed by atoms with Crippen LogP contribution in [0.25, 0.3) is 33.1 Å². The third-order valence-electron chi connectivity index (χ3n) is 3.76. The molecule has 1 N–H and O–H groups in total. The molecule has 105 valence electrons. The number of hydrogen-bond acceptors (Lipinski definition) is 3. The summed E-state index contributed by atoms with van der Waals surface area (Å²) in [6.45, 7) is 0. The lowest BCUT2D eigenvalue weighted by Crippen LogP contribution is -1.99. The van der Waals surface area contributed by atoms with Gasteiger partial charge in [-0.3, -0.25) is 0 Å². The number of rotatable bonds is 3. The van der Waals surface area contributed by atoms with E-state index in [1.165, 1.54) is 0 Å². The van der Waals surface area contributed by atoms with Gasteiger partial charge in [-0.05, 0) is 41.5 Å². The summed E-state index contributed by atoms with van der Waals surface area (Å²) in [7, 11) is 0.676. The minimum absolute atomic E-state index is 0.594. The van der Waals surface area contributed by atoms with Crippen molar-refractivity contribution in [2.75, 3.05) is 0 Å². The first kappa shape index (κ1) is 13.0. The molecule has 22 heavy (non-hydrogen) atoms. The molecule has 4 aromatic rings. The molecule has 0 aliphatic heterocycles. The zero-order chi connectivity index (χ0) is 14.9. The van der Waals surface area contributed by atoms with Crippen LogP contribution in [0, 0.1) is 0 Å². The average molecular weight is 287 g/mol. The molecule has 1 aromatic heterocycles. The van der Waals surface area contributed by atoms with Gasteiger partial charge in [0.15, 0.2) is 0 Å². The van der Waals surface area contributed by atoms with Crippen molar-refractivity contribution in [3.8, 4) is 16.9 Å². The molecule has 0 spiro atoms. The van der Waals surface area contributed by atoms with E-state index in [9.17, 15) is 0 Å². The molecule has 1 heterocycles. The Bertz CT molecular complexity index is 942. The van der Waals surface area contributed by atoms with Gasteiger partial charge >= 0.3 is 7.69 Å². The summed E-state index contributed by atoms with van der Waals surface area (Å²) in [6.07, 6.45) is 0. The lowest BCUT2D eigenvalue weighted by Gasteiger charge is -2.04. The normalized spacial score (nSPS) is 11.0. The van der Waals surface area contributed by atoms with Crippen LogP contribution >= 0.6 is 0 Å². The lowest BCUT2D eigenvalue weighted by atomic mass is 10.0. The minimum atomic E-state index is 0.594. The SMILES string of the molecule is O[B]Oc1ccc(-c2ccc3c(c2)oc2ccccc23)cc1. The maximum absolute atomic E-state index is 8.63. The summed E-state index contributed by atoms with van der Waals surface area (Å²) in [5.74, 6) is 0.594. The molecular formula is C18H12BO3. The van der Waals surface area contributed by atoms with Gasteiger partial charge in [0.05, 0.1) is 0 Å². The van der Waals surface area contributed by atoms with Crippen molar-refractivity contribution in [1.29, 1.82) is 0 Å². The van der Waals surface area contributed by atoms with Crippen LogP contribution in [0.3, 0.4) is 0 Å². The molecule has 0 unspecified atom stereocenters. The van der Waals surface area contributed by atoms with Crippen molar-refractivity contribution in [3.63, 3.8) is 0 Å². The fraction of sp³-hybridized carbons (Fsp3) is 0. The number of fused-ring (bicyclic) bond motifs is 3. The highest BCUT2D eigenvalue weighted by atomic mass is 16.5. The molecule has 0 fully saturated rings. The Morgan fingerprint density at radius 1 is 0.773 bits per heavy atom. The van der Waals surface area contributed by atoms with Crippen LogP contribution in [0.5, 0.6) is 5.75 Å². The van der Waals surface area contributed by atoms with Crippen LogP contribution in [0.1, 0.15) is 0 Å². The lowest BCUT2D eigenvalue weighted by molar-refractivity contribution is 0.454. The molecule has 4 heteroatoms. The van der Waals surface area contributed by atoms with Crippen LogP contribution < -0.4 is 4.65 Å². The highest BCUT2D eigenvalue weighted by Crippen LogP contribution is 2.32. The molecule has 4 rings (SSSR count). The first-order valence-electron chi connectivity index (χ1n) is 6.99. The third-order valence-corrected chi connectivity index (χ3v) is 3.76. The van der Waals surface area contributed by atoms with Gasteiger partial charge in [0.2, 0.25) is 0 Å². The summed E-state index contributed by atoms with van der Waals surface area (Å²) >= 11 is 0. The molecule has 0 atom stereocenters. The van der Waals surface area contributed by atoms with Gasteiger partial charge in [0, 0.05) is 10.8 Å². The summed E-state index contributed by atoms with van der Waals surface area (Å²) < 4.78 is 10.8. The molecule has 0 aliphatic carbocycles. The topological polar surface area (TPSA) is 42.6 Å². The predicted molar refractivity (Wildman–Crippen MR) is 87.8 cm³/mol. The number of para-hydroxylation sites is 1. The van der Waals surface area contributed by atoms with Crippen LogP contribution in [0.4, 0.5) is 0 Å². The molecule has 3 nitrogen and oxygen atoms in total. The van der Waals surface area contributed by atoms with Crippen LogP contribution in [0.2, 0.25) is 0 Å². The first-order valence-corrected chi connectivity index (χ1v) is 6.99. The molecule has 0 bridgehead atoms. The van der Waals surface area contributed by atoms with E-state index in [1.54, 1.807) is 0 Å². The van der Waals surface area contributed by atoms with Gasteiger partial charge in [0.1, 0.15) is 16.9 Å². The van der Waals surface area contributed by atoms with E-state index in [1.807, 2.05) is 48.5 Å². The fourth-order valence-electron chi connectivity index (χ4n) is 2.69. The number of benzene rings is 3. The predicted octanol–water partition coefficient (Wildman–Crippen LogP) is 4.16. The third kappa shape index (κ3) is 2.14. The van der Waals surface area contributed by atoms with E-state index >= 15 is 0 Å². The van der Waals surface area contributed by atoms with Crippen LogP contribution in [-0.4, -0.2) is 12.7 Å². The second-order valence-corrected chi connectivity index (χ2v) is 5.06. The van der Waals surface area contributed by atoms with E-state index in [0.29, 0.717) is 13.4 Å². The zero-order valence-corrected chi connectivity index (χ0v) is 11.7. The Kier molecular flexibility index (Phi) is 3.09. The zero-order valence-electron chi connectivity index (χ0n) is 11.7. The Balaban J connectivity index is 1.80. The Morgan fingerprint density at radius 3 is 2.32 bits per heavy atom. The molecule has 1 radical (unpaired) electrons. The molecule has 0 saturated heterocycles. The summed E-state index contributed by atoms with van der Waals surface area (Å²) in [4.78, 5) is 0. The summed E-state index contributed by atoms with van der Waals surface area (Å²) in [5.41, 5.74) is 3.92. The van der Waals surface area contributed by atoms with Crippen molar-refractivity contribution in [3.05, 3.63) is 66.7 Å². The van der Waals surface area contributed by atoms with Crippen molar-refractivity contribution in [2.24, 2.45) is 0 Å². The van der Waals surface area contributed by atoms with E-state index in [-0.39, 0.29) is 0 Å². The van der Waals surface area contributed by atoms with Crippen molar-refractivity contribution in [1.82, 2.24) is 0 Å². The maximum atomic E-state index is 8.63. The Morgan fingerprint density at radius 2 is 1.50 bits per heavy atom. The Labute approximate surface area is 128 Å². The first-order chi connectivity index (χ1) is 10.8. The van der Waals surface area contributed by atoms with Crippen LogP contribution in [0.15, 0.2) is 71.1 Å². The largest absolute Gasteiger partial charge is 0.569 e. The van der Waals surface area contributed by atoms with Gasteiger partial charge in [0.25, 0.3) is 0 Å². The van der Waals surface area contributed by atoms with Gasteiger partial charge in [-0.15, -0.1) is 0 Å². The molecule has 0 aliphatic rings. The second kappa shape index (κ2) is 5.24. The molecule has 0 saturated carbocycles. The molecular weight excluding hydrogens is 275 g/mol. The highest BCUT2D eigenvalue weighted by molar-refractivity contribution is 6.17. The minimum Gasteiger partial charge on any atom is -0.537 e. The van der Waals surface area contributed by atoms with Crippen LogP contribution in [-0.2, 0) is 0 Å². The fourth-order valence-corrected chi connectivity index (χ4v) is 2.69. The van der Waals surface area contributed by atoms with E-state index in [2.05, 4.69) is 18.2 Å². The van der Waals surface area contributed by atoms with Crippen molar-refractivity contribution < 1.29 is 14.1 Å². The number of hydrogen-bond donors (Lipinski definition) is 1. The van der Waals surface area contributed by atoms with Gasteiger partial charge in [-0.2, -0.15) is 0 Å². The smallest absolute Gasteiger partial charge is 0.537 e. The van der Waals surface area contributed by atoms with Gasteiger partial charge in [-0.25, -0.2) is 0 Å². The highest BCUT2D eigenvalue weighted by Gasteiger charge is 2.07. The Hall–Kier alpha value is -2.72. The van der Waals surface area contributed by atoms with Crippen molar-refractivity contribution >= 4 is 29.6 Å². The molecule has 3 aromatic carbocycles. The summed E-state index contributed by atoms with van der Waals surface area (Å²) in [5, 5.41) is 10.9. The van der Waals surface area contributed by atoms with Gasteiger partial charge < -0.3 is 14.1 Å². The maximum Gasteiger partial charge on any atom is 0.569 e. The van der Waals surface area contributed by atoms with E-state index < -0.39 is 0 Å². The standard InChI is InChI=1S/C18H12BO3/c20-19-22-14-8-5-12(6-9-14)13-7-10-16-15-3-1-2-4-17(15)21-18(16)11-13/h1-11,20H. The monoisotopic (exact) mass is 287 g/mol. The second-order valence-electron chi connectivity index (χ2n) is 5.06. The van der Waals surface area contributed by atoms with Crippen molar-refractivity contribution in [2.45, 2.75) is 0 Å². The van der Waals surface area contributed by atoms with Gasteiger partial charge in [-0.1, -0.05) is 36.4 Å². The quantitative estimate of drug-likeness (QED) is 0.575. The average Bonchev–Trinajstić information content (AvgIpc) is 2.93. The molecule has 0 amide bonds. The summed E-state index contributed by atoms with van der Waals surface area (Å²) in [6, 6.07) is 21.8. The van der Waals surface area contributed by atoms with E-state index in [0.717, 1.165) is 33.1 Å².